The van der Waals surface area contributed by atoms with E-state index in [1.165, 1.54) is 24.7 Å². The number of halogens is 1. The number of aryl methyl sites for hydroxylation is 1. The summed E-state index contributed by atoms with van der Waals surface area (Å²) < 4.78 is 17.9. The van der Waals surface area contributed by atoms with Gasteiger partial charge in [0.25, 0.3) is 0 Å². The Hall–Kier alpha value is -1.61. The van der Waals surface area contributed by atoms with Crippen molar-refractivity contribution in [3.05, 3.63) is 59.3 Å². The van der Waals surface area contributed by atoms with Crippen LogP contribution in [0.25, 0.3) is 0 Å². The first-order valence-corrected chi connectivity index (χ1v) is 4.64. The maximum absolute atomic E-state index is 13.0. The molecule has 1 aromatic carbocycles. The molecule has 0 aliphatic heterocycles. The number of benzene rings is 1. The number of furan rings is 1. The molecule has 2 nitrogen and oxygen atoms in total. The van der Waals surface area contributed by atoms with Crippen LogP contribution < -0.4 is 0 Å². The molecular formula is C12H11FO2. The molecule has 2 aromatic rings. The van der Waals surface area contributed by atoms with Crippen molar-refractivity contribution in [2.24, 2.45) is 0 Å². The number of hydrogen-bond donors (Lipinski definition) is 1. The van der Waals surface area contributed by atoms with E-state index in [0.29, 0.717) is 11.1 Å². The largest absolute Gasteiger partial charge is 0.472 e. The van der Waals surface area contributed by atoms with Crippen molar-refractivity contribution >= 4 is 0 Å². The van der Waals surface area contributed by atoms with Crippen LogP contribution in [0.4, 0.5) is 4.39 Å². The number of rotatable bonds is 2. The Bertz CT molecular complexity index is 449. The molecule has 1 aromatic heterocycles. The average molecular weight is 206 g/mol. The fourth-order valence-electron chi connectivity index (χ4n) is 1.52. The van der Waals surface area contributed by atoms with Gasteiger partial charge in [-0.05, 0) is 36.2 Å². The summed E-state index contributed by atoms with van der Waals surface area (Å²) in [6.07, 6.45) is 2.10. The first-order valence-electron chi connectivity index (χ1n) is 4.64. The van der Waals surface area contributed by atoms with E-state index in [1.807, 2.05) is 6.92 Å². The van der Waals surface area contributed by atoms with E-state index < -0.39 is 6.10 Å². The first kappa shape index (κ1) is 9.93. The highest BCUT2D eigenvalue weighted by molar-refractivity contribution is 5.34. The molecule has 0 amide bonds. The molecule has 0 fully saturated rings. The van der Waals surface area contributed by atoms with E-state index >= 15 is 0 Å². The fourth-order valence-corrected chi connectivity index (χ4v) is 1.52. The molecule has 1 N–H and O–H groups in total. The Morgan fingerprint density at radius 2 is 2.13 bits per heavy atom. The molecule has 0 saturated carbocycles. The van der Waals surface area contributed by atoms with Gasteiger partial charge in [-0.1, -0.05) is 6.07 Å². The van der Waals surface area contributed by atoms with Gasteiger partial charge in [0.05, 0.1) is 12.5 Å². The molecule has 0 spiro atoms. The topological polar surface area (TPSA) is 33.4 Å². The molecule has 1 heterocycles. The third-order valence-corrected chi connectivity index (χ3v) is 2.39. The highest BCUT2D eigenvalue weighted by Crippen LogP contribution is 2.25. The molecular weight excluding hydrogens is 195 g/mol. The van der Waals surface area contributed by atoms with Gasteiger partial charge < -0.3 is 9.52 Å². The van der Waals surface area contributed by atoms with Crippen LogP contribution in [0.3, 0.4) is 0 Å². The molecule has 3 heteroatoms. The van der Waals surface area contributed by atoms with Crippen LogP contribution in [0, 0.1) is 12.7 Å². The van der Waals surface area contributed by atoms with Crippen LogP contribution in [0.1, 0.15) is 22.8 Å². The van der Waals surface area contributed by atoms with Crippen molar-refractivity contribution in [1.29, 1.82) is 0 Å². The van der Waals surface area contributed by atoms with E-state index in [-0.39, 0.29) is 5.82 Å². The van der Waals surface area contributed by atoms with Gasteiger partial charge in [-0.3, -0.25) is 0 Å². The van der Waals surface area contributed by atoms with Crippen molar-refractivity contribution in [1.82, 2.24) is 0 Å². The van der Waals surface area contributed by atoms with Crippen LogP contribution in [0.2, 0.25) is 0 Å². The van der Waals surface area contributed by atoms with Crippen LogP contribution in [0.15, 0.2) is 41.2 Å². The predicted octanol–water partition coefficient (Wildman–Crippen LogP) is 2.81. The SMILES string of the molecule is Cc1ccc(F)cc1[C@@H](O)c1ccoc1. The second-order valence-corrected chi connectivity index (χ2v) is 3.46. The van der Waals surface area contributed by atoms with Gasteiger partial charge in [-0.15, -0.1) is 0 Å². The summed E-state index contributed by atoms with van der Waals surface area (Å²) in [5.41, 5.74) is 2.05. The van der Waals surface area contributed by atoms with E-state index in [4.69, 9.17) is 4.42 Å². The summed E-state index contributed by atoms with van der Waals surface area (Å²) in [7, 11) is 0. The maximum atomic E-state index is 13.0. The predicted molar refractivity (Wildman–Crippen MR) is 53.9 cm³/mol. The zero-order valence-corrected chi connectivity index (χ0v) is 8.27. The van der Waals surface area contributed by atoms with Gasteiger partial charge in [0.15, 0.2) is 0 Å². The van der Waals surface area contributed by atoms with Crippen molar-refractivity contribution in [3.8, 4) is 0 Å². The quantitative estimate of drug-likeness (QED) is 0.819. The second-order valence-electron chi connectivity index (χ2n) is 3.46. The number of hydrogen-bond acceptors (Lipinski definition) is 2. The Kier molecular flexibility index (Phi) is 2.56. The van der Waals surface area contributed by atoms with Crippen molar-refractivity contribution in [3.63, 3.8) is 0 Å². The van der Waals surface area contributed by atoms with Crippen molar-refractivity contribution < 1.29 is 13.9 Å². The van der Waals surface area contributed by atoms with Gasteiger partial charge in [0, 0.05) is 5.56 Å². The van der Waals surface area contributed by atoms with Gasteiger partial charge in [-0.2, -0.15) is 0 Å². The minimum absolute atomic E-state index is 0.349. The van der Waals surface area contributed by atoms with E-state index in [1.54, 1.807) is 12.1 Å². The van der Waals surface area contributed by atoms with Gasteiger partial charge >= 0.3 is 0 Å². The molecule has 78 valence electrons. The molecule has 0 aliphatic rings. The molecule has 15 heavy (non-hydrogen) atoms. The summed E-state index contributed by atoms with van der Waals surface area (Å²) >= 11 is 0. The Morgan fingerprint density at radius 3 is 2.80 bits per heavy atom. The molecule has 0 radical (unpaired) electrons. The zero-order chi connectivity index (χ0) is 10.8. The summed E-state index contributed by atoms with van der Waals surface area (Å²) in [4.78, 5) is 0. The molecule has 0 saturated heterocycles. The average Bonchev–Trinajstić information content (AvgIpc) is 2.74. The Labute approximate surface area is 87.0 Å². The maximum Gasteiger partial charge on any atom is 0.123 e. The van der Waals surface area contributed by atoms with E-state index in [9.17, 15) is 9.50 Å². The van der Waals surface area contributed by atoms with Gasteiger partial charge in [-0.25, -0.2) is 4.39 Å². The smallest absolute Gasteiger partial charge is 0.123 e. The van der Waals surface area contributed by atoms with Crippen LogP contribution in [-0.4, -0.2) is 5.11 Å². The lowest BCUT2D eigenvalue weighted by molar-refractivity contribution is 0.218. The minimum atomic E-state index is -0.834. The molecule has 0 unspecified atom stereocenters. The van der Waals surface area contributed by atoms with E-state index in [2.05, 4.69) is 0 Å². The Balaban J connectivity index is 2.41. The molecule has 0 bridgehead atoms. The molecule has 1 atom stereocenters. The van der Waals surface area contributed by atoms with Crippen molar-refractivity contribution in [2.75, 3.05) is 0 Å². The lowest BCUT2D eigenvalue weighted by atomic mass is 9.99. The standard InChI is InChI=1S/C12H11FO2/c1-8-2-3-10(13)6-11(8)12(14)9-4-5-15-7-9/h2-7,12,14H,1H3/t12-/m0/s1. The first-order chi connectivity index (χ1) is 7.18. The zero-order valence-electron chi connectivity index (χ0n) is 8.27. The second kappa shape index (κ2) is 3.87. The summed E-state index contributed by atoms with van der Waals surface area (Å²) in [5, 5.41) is 9.96. The monoisotopic (exact) mass is 206 g/mol. The summed E-state index contributed by atoms with van der Waals surface area (Å²) in [6, 6.07) is 6.02. The van der Waals surface area contributed by atoms with Gasteiger partial charge in [0.2, 0.25) is 0 Å². The summed E-state index contributed by atoms with van der Waals surface area (Å²) in [6.45, 7) is 1.83. The molecule has 2 rings (SSSR count). The van der Waals surface area contributed by atoms with Crippen LogP contribution in [-0.2, 0) is 0 Å². The van der Waals surface area contributed by atoms with Crippen LogP contribution in [0.5, 0.6) is 0 Å². The Morgan fingerprint density at radius 1 is 1.33 bits per heavy atom. The number of aliphatic hydroxyl groups is 1. The fraction of sp³-hybridized carbons (Fsp3) is 0.167. The van der Waals surface area contributed by atoms with Crippen molar-refractivity contribution in [2.45, 2.75) is 13.0 Å². The van der Waals surface area contributed by atoms with Gasteiger partial charge in [0.1, 0.15) is 11.9 Å². The third kappa shape index (κ3) is 1.92. The summed E-state index contributed by atoms with van der Waals surface area (Å²) in [5.74, 6) is -0.349. The molecule has 0 aliphatic carbocycles. The lowest BCUT2D eigenvalue weighted by Gasteiger charge is -2.11. The van der Waals surface area contributed by atoms with Crippen LogP contribution >= 0.6 is 0 Å². The highest BCUT2D eigenvalue weighted by atomic mass is 19.1. The minimum Gasteiger partial charge on any atom is -0.472 e. The highest BCUT2D eigenvalue weighted by Gasteiger charge is 2.14. The third-order valence-electron chi connectivity index (χ3n) is 2.39. The number of aliphatic hydroxyl groups excluding tert-OH is 1. The van der Waals surface area contributed by atoms with E-state index in [0.717, 1.165) is 5.56 Å². The lowest BCUT2D eigenvalue weighted by Crippen LogP contribution is -2.01. The normalized spacial score (nSPS) is 12.7.